The number of benzene rings is 1. The van der Waals surface area contributed by atoms with Gasteiger partial charge in [-0.25, -0.2) is 0 Å². The Bertz CT molecular complexity index is 493. The first kappa shape index (κ1) is 11.9. The number of aliphatic hydroxyl groups excluding tert-OH is 1. The highest BCUT2D eigenvalue weighted by Crippen LogP contribution is 2.25. The minimum absolute atomic E-state index is 0.217. The molecule has 2 rings (SSSR count). The summed E-state index contributed by atoms with van der Waals surface area (Å²) in [5.74, 6) is 0.774. The molecule has 1 heterocycles. The first-order valence-electron chi connectivity index (χ1n) is 5.91. The summed E-state index contributed by atoms with van der Waals surface area (Å²) in [6.45, 7) is 3.82. The molecule has 0 bridgehead atoms. The first-order valence-corrected chi connectivity index (χ1v) is 5.91. The molecule has 1 N–H and O–H groups in total. The van der Waals surface area contributed by atoms with Crippen molar-refractivity contribution in [3.63, 3.8) is 0 Å². The van der Waals surface area contributed by atoms with Crippen LogP contribution in [0.3, 0.4) is 0 Å². The summed E-state index contributed by atoms with van der Waals surface area (Å²) >= 11 is 0. The fourth-order valence-electron chi connectivity index (χ4n) is 1.79. The third kappa shape index (κ3) is 2.56. The summed E-state index contributed by atoms with van der Waals surface area (Å²) in [6, 6.07) is 9.63. The Kier molecular flexibility index (Phi) is 3.59. The van der Waals surface area contributed by atoms with Crippen LogP contribution in [0.25, 0.3) is 10.9 Å². The van der Waals surface area contributed by atoms with Crippen molar-refractivity contribution in [2.45, 2.75) is 32.5 Å². The summed E-state index contributed by atoms with van der Waals surface area (Å²) < 4.78 is 5.79. The van der Waals surface area contributed by atoms with Crippen LogP contribution in [-0.2, 0) is 0 Å². The second kappa shape index (κ2) is 5.15. The predicted octanol–water partition coefficient (Wildman–Crippen LogP) is 2.77. The normalized spacial score (nSPS) is 14.5. The summed E-state index contributed by atoms with van der Waals surface area (Å²) in [7, 11) is 0. The van der Waals surface area contributed by atoms with Crippen LogP contribution in [0, 0.1) is 0 Å². The molecule has 3 heteroatoms. The molecule has 0 saturated carbocycles. The van der Waals surface area contributed by atoms with Crippen LogP contribution in [0.4, 0.5) is 0 Å². The SMILES string of the molecule is CCC(O)C(C)Oc1cccc2ncccc12. The monoisotopic (exact) mass is 231 g/mol. The summed E-state index contributed by atoms with van der Waals surface area (Å²) in [5, 5.41) is 10.7. The number of nitrogens with zero attached hydrogens (tertiary/aromatic N) is 1. The van der Waals surface area contributed by atoms with E-state index in [4.69, 9.17) is 4.74 Å². The lowest BCUT2D eigenvalue weighted by Crippen LogP contribution is -2.27. The summed E-state index contributed by atoms with van der Waals surface area (Å²) in [5.41, 5.74) is 0.906. The van der Waals surface area contributed by atoms with Crippen molar-refractivity contribution < 1.29 is 9.84 Å². The highest BCUT2D eigenvalue weighted by atomic mass is 16.5. The van der Waals surface area contributed by atoms with Gasteiger partial charge in [0.05, 0.1) is 11.6 Å². The predicted molar refractivity (Wildman–Crippen MR) is 68.1 cm³/mol. The van der Waals surface area contributed by atoms with E-state index in [1.54, 1.807) is 6.20 Å². The Labute approximate surface area is 101 Å². The zero-order valence-electron chi connectivity index (χ0n) is 10.1. The number of rotatable bonds is 4. The number of ether oxygens (including phenoxy) is 1. The molecule has 17 heavy (non-hydrogen) atoms. The third-order valence-electron chi connectivity index (χ3n) is 2.88. The largest absolute Gasteiger partial charge is 0.487 e. The number of hydrogen-bond acceptors (Lipinski definition) is 3. The van der Waals surface area contributed by atoms with Crippen molar-refractivity contribution in [3.05, 3.63) is 36.5 Å². The van der Waals surface area contributed by atoms with E-state index in [1.807, 2.05) is 44.2 Å². The van der Waals surface area contributed by atoms with E-state index in [9.17, 15) is 5.11 Å². The molecule has 0 fully saturated rings. The molecule has 0 aliphatic heterocycles. The molecule has 0 aliphatic carbocycles. The van der Waals surface area contributed by atoms with Crippen molar-refractivity contribution in [2.24, 2.45) is 0 Å². The lowest BCUT2D eigenvalue weighted by atomic mass is 10.1. The first-order chi connectivity index (χ1) is 8.22. The van der Waals surface area contributed by atoms with E-state index in [0.29, 0.717) is 6.42 Å². The van der Waals surface area contributed by atoms with Crippen LogP contribution in [0.15, 0.2) is 36.5 Å². The van der Waals surface area contributed by atoms with Crippen LogP contribution >= 0.6 is 0 Å². The van der Waals surface area contributed by atoms with Crippen molar-refractivity contribution in [1.82, 2.24) is 4.98 Å². The standard InChI is InChI=1S/C14H17NO2/c1-3-13(16)10(2)17-14-8-4-7-12-11(14)6-5-9-15-12/h4-10,13,16H,3H2,1-2H3. The maximum atomic E-state index is 9.72. The van der Waals surface area contributed by atoms with Crippen LogP contribution in [0.2, 0.25) is 0 Å². The second-order valence-corrected chi connectivity index (χ2v) is 4.12. The average Bonchev–Trinajstić information content (AvgIpc) is 2.38. The minimum atomic E-state index is -0.443. The van der Waals surface area contributed by atoms with E-state index in [2.05, 4.69) is 4.98 Å². The molecule has 0 amide bonds. The van der Waals surface area contributed by atoms with Gasteiger partial charge < -0.3 is 9.84 Å². The summed E-state index contributed by atoms with van der Waals surface area (Å²) in [6.07, 6.45) is 1.79. The fourth-order valence-corrected chi connectivity index (χ4v) is 1.79. The van der Waals surface area contributed by atoms with Gasteiger partial charge in [-0.3, -0.25) is 4.98 Å². The highest BCUT2D eigenvalue weighted by Gasteiger charge is 2.14. The molecule has 3 nitrogen and oxygen atoms in total. The van der Waals surface area contributed by atoms with Gasteiger partial charge in [-0.1, -0.05) is 13.0 Å². The number of aromatic nitrogens is 1. The number of pyridine rings is 1. The van der Waals surface area contributed by atoms with Crippen LogP contribution in [-0.4, -0.2) is 22.3 Å². The molecule has 0 spiro atoms. The van der Waals surface area contributed by atoms with Gasteiger partial charge in [0, 0.05) is 11.6 Å². The molecule has 1 aromatic carbocycles. The van der Waals surface area contributed by atoms with Crippen molar-refractivity contribution in [2.75, 3.05) is 0 Å². The number of aliphatic hydroxyl groups is 1. The van der Waals surface area contributed by atoms with E-state index < -0.39 is 6.10 Å². The lowest BCUT2D eigenvalue weighted by molar-refractivity contribution is 0.0460. The molecule has 2 unspecified atom stereocenters. The Morgan fingerprint density at radius 2 is 2.12 bits per heavy atom. The lowest BCUT2D eigenvalue weighted by Gasteiger charge is -2.20. The zero-order valence-corrected chi connectivity index (χ0v) is 10.1. The van der Waals surface area contributed by atoms with Gasteiger partial charge in [0.1, 0.15) is 11.9 Å². The minimum Gasteiger partial charge on any atom is -0.487 e. The Hall–Kier alpha value is -1.61. The molecular weight excluding hydrogens is 214 g/mol. The molecule has 90 valence electrons. The zero-order chi connectivity index (χ0) is 12.3. The van der Waals surface area contributed by atoms with Crippen molar-refractivity contribution in [3.8, 4) is 5.75 Å². The Balaban J connectivity index is 2.30. The van der Waals surface area contributed by atoms with Crippen LogP contribution in [0.1, 0.15) is 20.3 Å². The van der Waals surface area contributed by atoms with Gasteiger partial charge in [-0.15, -0.1) is 0 Å². The van der Waals surface area contributed by atoms with Gasteiger partial charge >= 0.3 is 0 Å². The molecular formula is C14H17NO2. The molecule has 0 radical (unpaired) electrons. The molecule has 1 aromatic heterocycles. The summed E-state index contributed by atoms with van der Waals surface area (Å²) in [4.78, 5) is 4.27. The van der Waals surface area contributed by atoms with Gasteiger partial charge in [-0.2, -0.15) is 0 Å². The topological polar surface area (TPSA) is 42.4 Å². The maximum absolute atomic E-state index is 9.72. The number of hydrogen-bond donors (Lipinski definition) is 1. The molecule has 0 aliphatic rings. The second-order valence-electron chi connectivity index (χ2n) is 4.12. The molecule has 2 atom stereocenters. The van der Waals surface area contributed by atoms with E-state index in [0.717, 1.165) is 16.7 Å². The molecule has 0 saturated heterocycles. The van der Waals surface area contributed by atoms with E-state index in [-0.39, 0.29) is 6.10 Å². The van der Waals surface area contributed by atoms with Gasteiger partial charge in [0.15, 0.2) is 0 Å². The van der Waals surface area contributed by atoms with Crippen LogP contribution < -0.4 is 4.74 Å². The van der Waals surface area contributed by atoms with E-state index >= 15 is 0 Å². The van der Waals surface area contributed by atoms with Gasteiger partial charge in [0.25, 0.3) is 0 Å². The van der Waals surface area contributed by atoms with Gasteiger partial charge in [0.2, 0.25) is 0 Å². The smallest absolute Gasteiger partial charge is 0.129 e. The Morgan fingerprint density at radius 3 is 2.88 bits per heavy atom. The maximum Gasteiger partial charge on any atom is 0.129 e. The number of fused-ring (bicyclic) bond motifs is 1. The third-order valence-corrected chi connectivity index (χ3v) is 2.88. The van der Waals surface area contributed by atoms with Gasteiger partial charge in [-0.05, 0) is 37.6 Å². The van der Waals surface area contributed by atoms with Crippen LogP contribution in [0.5, 0.6) is 5.75 Å². The molecule has 2 aromatic rings. The fraction of sp³-hybridized carbons (Fsp3) is 0.357. The van der Waals surface area contributed by atoms with Crippen molar-refractivity contribution in [1.29, 1.82) is 0 Å². The van der Waals surface area contributed by atoms with E-state index in [1.165, 1.54) is 0 Å². The highest BCUT2D eigenvalue weighted by molar-refractivity contribution is 5.84. The quantitative estimate of drug-likeness (QED) is 0.879. The van der Waals surface area contributed by atoms with Crippen molar-refractivity contribution >= 4 is 10.9 Å². The Morgan fingerprint density at radius 1 is 1.29 bits per heavy atom. The average molecular weight is 231 g/mol.